The van der Waals surface area contributed by atoms with Gasteiger partial charge in [-0.25, -0.2) is 4.79 Å². The number of carbonyl (C=O) groups excluding carboxylic acids is 1. The van der Waals surface area contributed by atoms with Gasteiger partial charge in [0.25, 0.3) is 0 Å². The second-order valence-electron chi connectivity index (χ2n) is 11.6. The van der Waals surface area contributed by atoms with Gasteiger partial charge in [-0.1, -0.05) is 111 Å². The first-order valence-electron chi connectivity index (χ1n) is 15.8. The molecule has 0 saturated carbocycles. The van der Waals surface area contributed by atoms with Gasteiger partial charge in [0, 0.05) is 25.2 Å². The Labute approximate surface area is 252 Å². The van der Waals surface area contributed by atoms with Gasteiger partial charge in [0.05, 0.1) is 11.8 Å². The zero-order valence-corrected chi connectivity index (χ0v) is 25.3. The molecule has 1 fully saturated rings. The van der Waals surface area contributed by atoms with E-state index < -0.39 is 6.10 Å². The molecule has 2 N–H and O–H groups in total. The number of anilines is 1. The maximum atomic E-state index is 12.7. The summed E-state index contributed by atoms with van der Waals surface area (Å²) in [6.07, 6.45) is 9.83. The Kier molecular flexibility index (Phi) is 13.4. The van der Waals surface area contributed by atoms with Crippen molar-refractivity contribution < 1.29 is 14.6 Å². The van der Waals surface area contributed by atoms with Crippen molar-refractivity contribution >= 4 is 11.8 Å². The molecule has 4 rings (SSSR count). The van der Waals surface area contributed by atoms with Gasteiger partial charge >= 0.3 is 6.09 Å². The fraction of sp³-hybridized carbons (Fsp3) is 0.472. The van der Waals surface area contributed by atoms with Gasteiger partial charge in [0.2, 0.25) is 0 Å². The average molecular weight is 572 g/mol. The van der Waals surface area contributed by atoms with Gasteiger partial charge < -0.3 is 19.6 Å². The van der Waals surface area contributed by atoms with Crippen LogP contribution in [0.1, 0.15) is 69.5 Å². The molecule has 3 aromatic rings. The molecular formula is C36H49N3O3. The van der Waals surface area contributed by atoms with Gasteiger partial charge in [0.1, 0.15) is 6.10 Å². The number of aliphatic hydroxyl groups excluding tert-OH is 1. The van der Waals surface area contributed by atoms with Crippen molar-refractivity contribution in [2.75, 3.05) is 45.1 Å². The first-order chi connectivity index (χ1) is 20.6. The summed E-state index contributed by atoms with van der Waals surface area (Å²) in [7, 11) is 2.10. The lowest BCUT2D eigenvalue weighted by atomic mass is 10.0. The predicted octanol–water partition coefficient (Wildman–Crippen LogP) is 7.76. The molecule has 1 atom stereocenters. The number of nitrogens with one attached hydrogen (secondary N) is 1. The van der Waals surface area contributed by atoms with E-state index in [1.165, 1.54) is 44.9 Å². The zero-order chi connectivity index (χ0) is 29.4. The van der Waals surface area contributed by atoms with Crippen LogP contribution in [-0.2, 0) is 4.74 Å². The quantitative estimate of drug-likeness (QED) is 0.172. The number of piperidine rings is 1. The maximum Gasteiger partial charge on any atom is 0.411 e. The summed E-state index contributed by atoms with van der Waals surface area (Å²) in [6.45, 7) is 4.84. The fourth-order valence-electron chi connectivity index (χ4n) is 5.77. The Morgan fingerprint density at radius 3 is 2.17 bits per heavy atom. The topological polar surface area (TPSA) is 65.0 Å². The number of aliphatic hydroxyl groups is 1. The molecule has 42 heavy (non-hydrogen) atoms. The number of amides is 1. The maximum absolute atomic E-state index is 12.7. The molecular weight excluding hydrogens is 522 g/mol. The average Bonchev–Trinajstić information content (AvgIpc) is 3.02. The van der Waals surface area contributed by atoms with Crippen LogP contribution in [0.25, 0.3) is 11.1 Å². The van der Waals surface area contributed by atoms with Crippen LogP contribution in [-0.4, -0.2) is 66.9 Å². The number of hydrogen-bond acceptors (Lipinski definition) is 5. The molecule has 1 heterocycles. The number of likely N-dealkylation sites (N-methyl/N-ethyl adjacent to an activating group) is 1. The summed E-state index contributed by atoms with van der Waals surface area (Å²) in [5.74, 6) is 0. The van der Waals surface area contributed by atoms with Crippen molar-refractivity contribution in [2.24, 2.45) is 0 Å². The third kappa shape index (κ3) is 10.9. The number of rotatable bonds is 16. The van der Waals surface area contributed by atoms with Crippen LogP contribution in [0.4, 0.5) is 10.5 Å². The monoisotopic (exact) mass is 571 g/mol. The lowest BCUT2D eigenvalue weighted by Gasteiger charge is -2.31. The van der Waals surface area contributed by atoms with Gasteiger partial charge in [-0.05, 0) is 63.0 Å². The summed E-state index contributed by atoms with van der Waals surface area (Å²) in [5, 5.41) is 13.3. The number of carbonyl (C=O) groups is 1. The molecule has 0 aromatic heterocycles. The normalized spacial score (nSPS) is 15.0. The minimum atomic E-state index is -0.414. The summed E-state index contributed by atoms with van der Waals surface area (Å²) in [6, 6.07) is 27.9. The molecule has 1 saturated heterocycles. The molecule has 0 aliphatic carbocycles. The smallest absolute Gasteiger partial charge is 0.411 e. The number of likely N-dealkylation sites (tertiary alicyclic amines) is 1. The van der Waals surface area contributed by atoms with E-state index in [1.54, 1.807) is 0 Å². The number of benzene rings is 3. The van der Waals surface area contributed by atoms with Gasteiger partial charge in [-0.3, -0.25) is 5.32 Å². The standard InChI is InChI=1S/C36H49N3O3/c1-38(29-35(40)31-19-11-8-12-20-31)25-15-5-3-2-4-6-16-26-39-27-23-32(24-28-39)42-36(41)37-34-22-14-13-21-33(34)30-17-9-7-10-18-30/h7-14,17-22,32,35,40H,2-6,15-16,23-29H2,1H3,(H,37,41). The van der Waals surface area contributed by atoms with E-state index in [-0.39, 0.29) is 12.2 Å². The van der Waals surface area contributed by atoms with Crippen molar-refractivity contribution in [3.8, 4) is 11.1 Å². The van der Waals surface area contributed by atoms with Crippen molar-refractivity contribution in [3.63, 3.8) is 0 Å². The Hall–Kier alpha value is -3.19. The van der Waals surface area contributed by atoms with E-state index in [9.17, 15) is 9.90 Å². The van der Waals surface area contributed by atoms with Crippen molar-refractivity contribution in [1.82, 2.24) is 9.80 Å². The van der Waals surface area contributed by atoms with Crippen LogP contribution < -0.4 is 5.32 Å². The van der Waals surface area contributed by atoms with E-state index in [2.05, 4.69) is 22.2 Å². The molecule has 1 aliphatic heterocycles. The summed E-state index contributed by atoms with van der Waals surface area (Å²) >= 11 is 0. The van der Waals surface area contributed by atoms with Crippen molar-refractivity contribution in [2.45, 2.75) is 70.0 Å². The third-order valence-corrected chi connectivity index (χ3v) is 8.24. The highest BCUT2D eigenvalue weighted by Gasteiger charge is 2.22. The fourth-order valence-corrected chi connectivity index (χ4v) is 5.77. The van der Waals surface area contributed by atoms with Crippen molar-refractivity contribution in [3.05, 3.63) is 90.5 Å². The van der Waals surface area contributed by atoms with Crippen LogP contribution >= 0.6 is 0 Å². The van der Waals surface area contributed by atoms with Crippen LogP contribution in [0.3, 0.4) is 0 Å². The molecule has 6 heteroatoms. The third-order valence-electron chi connectivity index (χ3n) is 8.24. The molecule has 0 bridgehead atoms. The zero-order valence-electron chi connectivity index (χ0n) is 25.3. The highest BCUT2D eigenvalue weighted by molar-refractivity contribution is 5.91. The Bertz CT molecular complexity index is 1170. The Morgan fingerprint density at radius 1 is 0.857 bits per heavy atom. The molecule has 226 valence electrons. The van der Waals surface area contributed by atoms with Gasteiger partial charge in [-0.2, -0.15) is 0 Å². The van der Waals surface area contributed by atoms with Crippen LogP contribution in [0.2, 0.25) is 0 Å². The number of unbranched alkanes of at least 4 members (excludes halogenated alkanes) is 6. The summed E-state index contributed by atoms with van der Waals surface area (Å²) in [4.78, 5) is 17.4. The molecule has 6 nitrogen and oxygen atoms in total. The molecule has 0 radical (unpaired) electrons. The van der Waals surface area contributed by atoms with E-state index in [0.29, 0.717) is 6.54 Å². The second-order valence-corrected chi connectivity index (χ2v) is 11.6. The summed E-state index contributed by atoms with van der Waals surface area (Å²) in [5.41, 5.74) is 3.83. The molecule has 0 spiro atoms. The Balaban J connectivity index is 1.00. The van der Waals surface area contributed by atoms with Crippen LogP contribution in [0.15, 0.2) is 84.9 Å². The number of ether oxygens (including phenoxy) is 1. The largest absolute Gasteiger partial charge is 0.446 e. The number of hydrogen-bond donors (Lipinski definition) is 2. The number of para-hydroxylation sites is 1. The summed E-state index contributed by atoms with van der Waals surface area (Å²) < 4.78 is 5.79. The SMILES string of the molecule is CN(CCCCCCCCCN1CCC(OC(=O)Nc2ccccc2-c2ccccc2)CC1)CC(O)c1ccccc1. The van der Waals surface area contributed by atoms with E-state index in [0.717, 1.165) is 61.4 Å². The van der Waals surface area contributed by atoms with E-state index in [4.69, 9.17) is 4.74 Å². The molecule has 1 amide bonds. The van der Waals surface area contributed by atoms with Crippen molar-refractivity contribution in [1.29, 1.82) is 0 Å². The Morgan fingerprint density at radius 2 is 1.45 bits per heavy atom. The first-order valence-corrected chi connectivity index (χ1v) is 15.8. The predicted molar refractivity (Wildman–Crippen MR) is 173 cm³/mol. The highest BCUT2D eigenvalue weighted by Crippen LogP contribution is 2.28. The second kappa shape index (κ2) is 17.7. The van der Waals surface area contributed by atoms with E-state index >= 15 is 0 Å². The minimum Gasteiger partial charge on any atom is -0.446 e. The first kappa shape index (κ1) is 31.7. The van der Waals surface area contributed by atoms with Gasteiger partial charge in [0.15, 0.2) is 0 Å². The molecule has 1 unspecified atom stereocenters. The minimum absolute atomic E-state index is 0.0224. The lowest BCUT2D eigenvalue weighted by molar-refractivity contribution is 0.0584. The van der Waals surface area contributed by atoms with Crippen LogP contribution in [0, 0.1) is 0 Å². The lowest BCUT2D eigenvalue weighted by Crippen LogP contribution is -2.38. The number of nitrogens with zero attached hydrogens (tertiary/aromatic N) is 2. The van der Waals surface area contributed by atoms with E-state index in [1.807, 2.05) is 84.9 Å². The highest BCUT2D eigenvalue weighted by atomic mass is 16.6. The molecule has 1 aliphatic rings. The molecule has 3 aromatic carbocycles. The van der Waals surface area contributed by atoms with Gasteiger partial charge in [-0.15, -0.1) is 0 Å². The van der Waals surface area contributed by atoms with Crippen LogP contribution in [0.5, 0.6) is 0 Å².